The molecular weight excluding hydrogens is 425 g/mol. The molecule has 1 saturated heterocycles. The van der Waals surface area contributed by atoms with Gasteiger partial charge in [-0.05, 0) is 37.8 Å². The predicted molar refractivity (Wildman–Crippen MR) is 118 cm³/mol. The lowest BCUT2D eigenvalue weighted by Crippen LogP contribution is -2.46. The maximum absolute atomic E-state index is 14.2. The van der Waals surface area contributed by atoms with Crippen LogP contribution in [0.3, 0.4) is 0 Å². The first-order chi connectivity index (χ1) is 15.9. The van der Waals surface area contributed by atoms with Gasteiger partial charge in [0.15, 0.2) is 5.69 Å². The number of benzene rings is 1. The van der Waals surface area contributed by atoms with E-state index in [9.17, 15) is 18.8 Å². The molecule has 1 aromatic carbocycles. The van der Waals surface area contributed by atoms with Gasteiger partial charge in [0.25, 0.3) is 11.8 Å². The number of nitrogens with one attached hydrogen (secondary N) is 1. The molecule has 1 saturated carbocycles. The lowest BCUT2D eigenvalue weighted by Gasteiger charge is -2.32. The summed E-state index contributed by atoms with van der Waals surface area (Å²) in [7, 11) is 1.80. The van der Waals surface area contributed by atoms with Gasteiger partial charge in [-0.15, -0.1) is 0 Å². The molecule has 5 rings (SSSR count). The van der Waals surface area contributed by atoms with Crippen molar-refractivity contribution in [2.75, 3.05) is 19.6 Å². The summed E-state index contributed by atoms with van der Waals surface area (Å²) in [4.78, 5) is 42.2. The van der Waals surface area contributed by atoms with Crippen LogP contribution in [0.15, 0.2) is 24.3 Å². The Bertz CT molecular complexity index is 1110. The maximum atomic E-state index is 14.2. The molecule has 3 aliphatic rings. The molecule has 33 heavy (non-hydrogen) atoms. The maximum Gasteiger partial charge on any atom is 0.274 e. The average molecular weight is 454 g/mol. The van der Waals surface area contributed by atoms with E-state index in [-0.39, 0.29) is 29.8 Å². The van der Waals surface area contributed by atoms with E-state index in [2.05, 4.69) is 10.4 Å². The van der Waals surface area contributed by atoms with Crippen LogP contribution in [-0.2, 0) is 24.8 Å². The number of carbonyl (C=O) groups excluding carboxylic acids is 3. The van der Waals surface area contributed by atoms with Gasteiger partial charge in [-0.3, -0.25) is 19.1 Å². The highest BCUT2D eigenvalue weighted by Crippen LogP contribution is 2.27. The van der Waals surface area contributed by atoms with Crippen LogP contribution < -0.4 is 5.32 Å². The Morgan fingerprint density at radius 3 is 2.61 bits per heavy atom. The third-order valence-electron chi connectivity index (χ3n) is 6.84. The number of nitrogens with zero attached hydrogens (tertiary/aromatic N) is 4. The van der Waals surface area contributed by atoms with Crippen LogP contribution >= 0.6 is 0 Å². The van der Waals surface area contributed by atoms with Gasteiger partial charge in [0.2, 0.25) is 5.91 Å². The highest BCUT2D eigenvalue weighted by molar-refractivity contribution is 5.96. The van der Waals surface area contributed by atoms with Crippen molar-refractivity contribution in [3.63, 3.8) is 0 Å². The number of aryl methyl sites for hydroxylation is 1. The number of halogens is 1. The Hall–Kier alpha value is -3.23. The second-order valence-corrected chi connectivity index (χ2v) is 9.23. The summed E-state index contributed by atoms with van der Waals surface area (Å²) in [5, 5.41) is 7.54. The Morgan fingerprint density at radius 1 is 1.06 bits per heavy atom. The lowest BCUT2D eigenvalue weighted by atomic mass is 9.96. The van der Waals surface area contributed by atoms with Crippen LogP contribution in [0.1, 0.15) is 57.8 Å². The largest absolute Gasteiger partial charge is 0.353 e. The standard InChI is InChI=1S/C24H28FN5O3/c1-28-20-10-12-30(23(32)17-6-2-3-7-19(17)25)14-18(20)21(27-28)24(33)29-11-4-5-15(13-29)22(31)26-16-8-9-16/h2-3,6-7,15-16H,4-5,8-14H2,1H3,(H,26,31). The smallest absolute Gasteiger partial charge is 0.274 e. The van der Waals surface area contributed by atoms with E-state index in [4.69, 9.17) is 0 Å². The number of rotatable bonds is 4. The SMILES string of the molecule is Cn1nc(C(=O)N2CCCC(C(=O)NC3CC3)C2)c2c1CCN(C(=O)c1ccccc1F)C2. The lowest BCUT2D eigenvalue weighted by molar-refractivity contribution is -0.126. The number of aromatic nitrogens is 2. The third-order valence-corrected chi connectivity index (χ3v) is 6.84. The molecule has 1 aliphatic carbocycles. The van der Waals surface area contributed by atoms with E-state index >= 15 is 0 Å². The number of hydrogen-bond acceptors (Lipinski definition) is 4. The summed E-state index contributed by atoms with van der Waals surface area (Å²) in [6.07, 6.45) is 4.14. The monoisotopic (exact) mass is 453 g/mol. The van der Waals surface area contributed by atoms with Crippen LogP contribution in [0.25, 0.3) is 0 Å². The molecule has 2 fully saturated rings. The summed E-state index contributed by atoms with van der Waals surface area (Å²) in [5.41, 5.74) is 1.97. The number of fused-ring (bicyclic) bond motifs is 1. The second-order valence-electron chi connectivity index (χ2n) is 9.23. The zero-order valence-corrected chi connectivity index (χ0v) is 18.7. The molecule has 3 heterocycles. The first kappa shape index (κ1) is 21.6. The van der Waals surface area contributed by atoms with E-state index in [1.54, 1.807) is 33.7 Å². The van der Waals surface area contributed by atoms with Gasteiger partial charge >= 0.3 is 0 Å². The minimum Gasteiger partial charge on any atom is -0.353 e. The molecule has 174 valence electrons. The molecule has 8 nitrogen and oxygen atoms in total. The van der Waals surface area contributed by atoms with E-state index in [1.165, 1.54) is 12.1 Å². The van der Waals surface area contributed by atoms with Gasteiger partial charge in [0.1, 0.15) is 5.82 Å². The fourth-order valence-corrected chi connectivity index (χ4v) is 4.81. The molecule has 2 aliphatic heterocycles. The number of likely N-dealkylation sites (tertiary alicyclic amines) is 1. The van der Waals surface area contributed by atoms with E-state index in [0.717, 1.165) is 31.4 Å². The molecule has 3 amide bonds. The van der Waals surface area contributed by atoms with Gasteiger partial charge in [-0.1, -0.05) is 12.1 Å². The predicted octanol–water partition coefficient (Wildman–Crippen LogP) is 1.89. The molecule has 0 spiro atoms. The number of piperidine rings is 1. The number of carbonyl (C=O) groups is 3. The van der Waals surface area contributed by atoms with Gasteiger partial charge in [-0.25, -0.2) is 4.39 Å². The van der Waals surface area contributed by atoms with Gasteiger partial charge < -0.3 is 15.1 Å². The summed E-state index contributed by atoms with van der Waals surface area (Å²) in [5.74, 6) is -1.34. The normalized spacial score (nSPS) is 20.4. The minimum atomic E-state index is -0.556. The Morgan fingerprint density at radius 2 is 1.85 bits per heavy atom. The van der Waals surface area contributed by atoms with E-state index in [1.807, 2.05) is 0 Å². The van der Waals surface area contributed by atoms with Crippen molar-refractivity contribution in [2.45, 2.75) is 44.7 Å². The molecule has 9 heteroatoms. The second kappa shape index (κ2) is 8.61. The van der Waals surface area contributed by atoms with Crippen molar-refractivity contribution in [3.05, 3.63) is 52.6 Å². The van der Waals surface area contributed by atoms with Gasteiger partial charge in [0.05, 0.1) is 18.0 Å². The molecule has 0 radical (unpaired) electrons. The fourth-order valence-electron chi connectivity index (χ4n) is 4.81. The topological polar surface area (TPSA) is 87.5 Å². The minimum absolute atomic E-state index is 0.0262. The van der Waals surface area contributed by atoms with E-state index in [0.29, 0.717) is 43.4 Å². The number of amides is 3. The highest BCUT2D eigenvalue weighted by atomic mass is 19.1. The molecule has 0 bridgehead atoms. The number of hydrogen-bond donors (Lipinski definition) is 1. The van der Waals surface area contributed by atoms with Crippen LogP contribution in [0, 0.1) is 11.7 Å². The quantitative estimate of drug-likeness (QED) is 0.766. The molecule has 2 aromatic rings. The van der Waals surface area contributed by atoms with Crippen molar-refractivity contribution in [2.24, 2.45) is 13.0 Å². The first-order valence-electron chi connectivity index (χ1n) is 11.6. The van der Waals surface area contributed by atoms with Crippen LogP contribution in [0.4, 0.5) is 4.39 Å². The highest BCUT2D eigenvalue weighted by Gasteiger charge is 2.36. The van der Waals surface area contributed by atoms with Crippen molar-refractivity contribution in [3.8, 4) is 0 Å². The zero-order valence-electron chi connectivity index (χ0n) is 18.7. The Labute approximate surface area is 191 Å². The van der Waals surface area contributed by atoms with E-state index < -0.39 is 11.7 Å². The Kier molecular flexibility index (Phi) is 5.64. The average Bonchev–Trinajstić information content (AvgIpc) is 3.59. The molecule has 1 atom stereocenters. The summed E-state index contributed by atoms with van der Waals surface area (Å²) < 4.78 is 15.9. The first-order valence-corrected chi connectivity index (χ1v) is 11.6. The van der Waals surface area contributed by atoms with Crippen molar-refractivity contribution in [1.29, 1.82) is 0 Å². The van der Waals surface area contributed by atoms with Crippen LogP contribution in [0.5, 0.6) is 0 Å². The molecular formula is C24H28FN5O3. The Balaban J connectivity index is 1.34. The third kappa shape index (κ3) is 4.24. The summed E-state index contributed by atoms with van der Waals surface area (Å²) in [6.45, 7) is 1.59. The molecule has 1 N–H and O–H groups in total. The van der Waals surface area contributed by atoms with Crippen molar-refractivity contribution < 1.29 is 18.8 Å². The summed E-state index contributed by atoms with van der Waals surface area (Å²) in [6, 6.07) is 6.23. The molecule has 1 unspecified atom stereocenters. The van der Waals surface area contributed by atoms with Gasteiger partial charge in [0, 0.05) is 50.4 Å². The zero-order chi connectivity index (χ0) is 23.1. The van der Waals surface area contributed by atoms with Crippen LogP contribution in [0.2, 0.25) is 0 Å². The summed E-state index contributed by atoms with van der Waals surface area (Å²) >= 11 is 0. The van der Waals surface area contributed by atoms with Gasteiger partial charge in [-0.2, -0.15) is 5.10 Å². The molecule has 1 aromatic heterocycles. The fraction of sp³-hybridized carbons (Fsp3) is 0.500. The van der Waals surface area contributed by atoms with Crippen molar-refractivity contribution >= 4 is 17.7 Å². The van der Waals surface area contributed by atoms with Crippen molar-refractivity contribution in [1.82, 2.24) is 24.9 Å². The van der Waals surface area contributed by atoms with Crippen LogP contribution in [-0.4, -0.2) is 63.0 Å².